The lowest BCUT2D eigenvalue weighted by atomic mass is 9.93. The van der Waals surface area contributed by atoms with E-state index in [1.54, 1.807) is 26.1 Å². The third-order valence-corrected chi connectivity index (χ3v) is 5.26. The minimum atomic E-state index is -0.595. The van der Waals surface area contributed by atoms with Gasteiger partial charge in [0.1, 0.15) is 11.9 Å². The van der Waals surface area contributed by atoms with Gasteiger partial charge >= 0.3 is 5.97 Å². The zero-order valence-electron chi connectivity index (χ0n) is 14.3. The monoisotopic (exact) mass is 437 g/mol. The van der Waals surface area contributed by atoms with Gasteiger partial charge in [0.15, 0.2) is 10.8 Å². The second kappa shape index (κ2) is 8.09. The Kier molecular flexibility index (Phi) is 5.83. The number of nitrogens with one attached hydrogen (secondary N) is 1. The van der Waals surface area contributed by atoms with Crippen LogP contribution < -0.4 is 5.32 Å². The molecule has 1 aliphatic rings. The molecule has 0 spiro atoms. The third kappa shape index (κ3) is 3.71. The fourth-order valence-corrected chi connectivity index (χ4v) is 3.80. The number of aryl methyl sites for hydroxylation is 1. The number of thiazole rings is 1. The summed E-state index contributed by atoms with van der Waals surface area (Å²) in [6.07, 6.45) is 1.70. The number of alkyl halides is 1. The van der Waals surface area contributed by atoms with Crippen molar-refractivity contribution in [2.75, 3.05) is 11.9 Å². The Morgan fingerprint density at radius 3 is 2.88 bits per heavy atom. The van der Waals surface area contributed by atoms with Crippen molar-refractivity contribution >= 4 is 39.1 Å². The van der Waals surface area contributed by atoms with Crippen LogP contribution in [0, 0.1) is 12.7 Å². The first-order valence-electron chi connectivity index (χ1n) is 8.02. The van der Waals surface area contributed by atoms with Crippen molar-refractivity contribution in [3.63, 3.8) is 0 Å². The number of amidine groups is 1. The lowest BCUT2D eigenvalue weighted by Crippen LogP contribution is -2.34. The number of hydrogen-bond acceptors (Lipinski definition) is 6. The number of halogens is 2. The van der Waals surface area contributed by atoms with Gasteiger partial charge in [-0.3, -0.25) is 4.99 Å². The van der Waals surface area contributed by atoms with Crippen molar-refractivity contribution in [1.82, 2.24) is 10.3 Å². The molecule has 1 aromatic carbocycles. The van der Waals surface area contributed by atoms with Crippen LogP contribution in [0.15, 0.2) is 46.0 Å². The topological polar surface area (TPSA) is 63.6 Å². The second-order valence-electron chi connectivity index (χ2n) is 5.59. The second-order valence-corrected chi connectivity index (χ2v) is 7.05. The van der Waals surface area contributed by atoms with Crippen LogP contribution in [-0.4, -0.2) is 28.7 Å². The Morgan fingerprint density at radius 2 is 2.27 bits per heavy atom. The highest BCUT2D eigenvalue weighted by Gasteiger charge is 2.33. The van der Waals surface area contributed by atoms with Crippen LogP contribution >= 0.6 is 27.3 Å². The van der Waals surface area contributed by atoms with E-state index in [-0.39, 0.29) is 12.4 Å². The molecule has 0 saturated heterocycles. The number of allylic oxidation sites excluding steroid dienone is 1. The van der Waals surface area contributed by atoms with Gasteiger partial charge in [-0.25, -0.2) is 14.2 Å². The van der Waals surface area contributed by atoms with E-state index in [4.69, 9.17) is 9.73 Å². The van der Waals surface area contributed by atoms with Crippen molar-refractivity contribution < 1.29 is 13.9 Å². The third-order valence-electron chi connectivity index (χ3n) is 3.92. The summed E-state index contributed by atoms with van der Waals surface area (Å²) in [7, 11) is 0. The van der Waals surface area contributed by atoms with Gasteiger partial charge in [0.25, 0.3) is 0 Å². The van der Waals surface area contributed by atoms with E-state index in [1.165, 1.54) is 23.5 Å². The highest BCUT2D eigenvalue weighted by atomic mass is 79.9. The first-order chi connectivity index (χ1) is 12.5. The summed E-state index contributed by atoms with van der Waals surface area (Å²) in [5, 5.41) is 6.18. The van der Waals surface area contributed by atoms with E-state index in [0.717, 1.165) is 16.1 Å². The summed E-state index contributed by atoms with van der Waals surface area (Å²) in [5.41, 5.74) is 2.55. The largest absolute Gasteiger partial charge is 0.463 e. The number of hydrogen-bond donors (Lipinski definition) is 1. The lowest BCUT2D eigenvalue weighted by Gasteiger charge is -2.27. The van der Waals surface area contributed by atoms with E-state index < -0.39 is 12.0 Å². The van der Waals surface area contributed by atoms with Gasteiger partial charge in [-0.1, -0.05) is 22.0 Å². The molecule has 1 aromatic heterocycles. The predicted octanol–water partition coefficient (Wildman–Crippen LogP) is 3.89. The molecule has 1 N–H and O–H groups in total. The maximum Gasteiger partial charge on any atom is 0.338 e. The molecule has 0 radical (unpaired) electrons. The van der Waals surface area contributed by atoms with Gasteiger partial charge in [-0.2, -0.15) is 0 Å². The quantitative estimate of drug-likeness (QED) is 0.569. The summed E-state index contributed by atoms with van der Waals surface area (Å²) < 4.78 is 18.8. The molecule has 136 valence electrons. The summed E-state index contributed by atoms with van der Waals surface area (Å²) in [5.74, 6) is -0.187. The van der Waals surface area contributed by atoms with Crippen LogP contribution in [-0.2, 0) is 9.53 Å². The van der Waals surface area contributed by atoms with E-state index in [1.807, 2.05) is 5.38 Å². The smallest absolute Gasteiger partial charge is 0.338 e. The Balaban J connectivity index is 2.15. The minimum Gasteiger partial charge on any atom is -0.463 e. The zero-order chi connectivity index (χ0) is 18.7. The van der Waals surface area contributed by atoms with Crippen molar-refractivity contribution in [3.05, 3.63) is 63.0 Å². The normalized spacial score (nSPS) is 16.9. The minimum absolute atomic E-state index is 0.260. The van der Waals surface area contributed by atoms with E-state index in [0.29, 0.717) is 22.4 Å². The standard InChI is InChI=1S/C18H17BrFN3O2S/c1-3-25-18(24)14-13(9-19)22-16(17-21-6-7-26-17)23-15(14)12-5-4-11(20)8-10(12)2/h4-8,15H,3,9H2,1-2H3,(H,22,23)/t15-/m0/s1. The number of ether oxygens (including phenoxy) is 1. The van der Waals surface area contributed by atoms with Crippen LogP contribution in [0.3, 0.4) is 0 Å². The number of rotatable bonds is 5. The highest BCUT2D eigenvalue weighted by molar-refractivity contribution is 9.09. The molecule has 0 unspecified atom stereocenters. The Labute approximate surface area is 163 Å². The molecule has 8 heteroatoms. The van der Waals surface area contributed by atoms with E-state index in [2.05, 4.69) is 26.2 Å². The van der Waals surface area contributed by atoms with Gasteiger partial charge in [-0.15, -0.1) is 11.3 Å². The number of benzene rings is 1. The molecule has 2 heterocycles. The maximum absolute atomic E-state index is 13.6. The van der Waals surface area contributed by atoms with Gasteiger partial charge in [0, 0.05) is 22.6 Å². The van der Waals surface area contributed by atoms with Gasteiger partial charge in [0.05, 0.1) is 12.2 Å². The molecule has 1 atom stereocenters. The molecular weight excluding hydrogens is 421 g/mol. The first kappa shape index (κ1) is 18.7. The van der Waals surface area contributed by atoms with Crippen LogP contribution in [0.1, 0.15) is 29.1 Å². The molecular formula is C18H17BrFN3O2S. The average molecular weight is 438 g/mol. The molecule has 0 amide bonds. The highest BCUT2D eigenvalue weighted by Crippen LogP contribution is 2.35. The van der Waals surface area contributed by atoms with Crippen LogP contribution in [0.25, 0.3) is 0 Å². The molecule has 0 bridgehead atoms. The molecule has 1 aliphatic heterocycles. The average Bonchev–Trinajstić information content (AvgIpc) is 3.15. The molecule has 0 fully saturated rings. The fourth-order valence-electron chi connectivity index (χ4n) is 2.77. The number of nitrogens with zero attached hydrogens (tertiary/aromatic N) is 2. The van der Waals surface area contributed by atoms with Gasteiger partial charge in [0.2, 0.25) is 0 Å². The zero-order valence-corrected chi connectivity index (χ0v) is 16.7. The summed E-state index contributed by atoms with van der Waals surface area (Å²) in [4.78, 5) is 21.6. The number of carbonyl (C=O) groups is 1. The number of aliphatic imine (C=N–C) groups is 1. The van der Waals surface area contributed by atoms with Crippen molar-refractivity contribution in [1.29, 1.82) is 0 Å². The molecule has 5 nitrogen and oxygen atoms in total. The maximum atomic E-state index is 13.6. The molecule has 3 rings (SSSR count). The van der Waals surface area contributed by atoms with Crippen LogP contribution in [0.5, 0.6) is 0 Å². The Morgan fingerprint density at radius 1 is 1.46 bits per heavy atom. The fraction of sp³-hybridized carbons (Fsp3) is 0.278. The van der Waals surface area contributed by atoms with Gasteiger partial charge in [-0.05, 0) is 37.1 Å². The van der Waals surface area contributed by atoms with Crippen molar-refractivity contribution in [3.8, 4) is 0 Å². The van der Waals surface area contributed by atoms with Crippen LogP contribution in [0.2, 0.25) is 0 Å². The Hall–Kier alpha value is -2.06. The molecule has 26 heavy (non-hydrogen) atoms. The number of esters is 1. The van der Waals surface area contributed by atoms with Crippen molar-refractivity contribution in [2.24, 2.45) is 4.99 Å². The Bertz CT molecular complexity index is 881. The lowest BCUT2D eigenvalue weighted by molar-refractivity contribution is -0.138. The SMILES string of the molecule is CCOC(=O)C1=C(CBr)NC(c2nccs2)=N[C@H]1c1ccc(F)cc1C. The predicted molar refractivity (Wildman–Crippen MR) is 103 cm³/mol. The number of carbonyl (C=O) groups excluding carboxylic acids is 1. The summed E-state index contributed by atoms with van der Waals surface area (Å²) in [6.45, 7) is 3.82. The summed E-state index contributed by atoms with van der Waals surface area (Å²) in [6, 6.07) is 3.88. The van der Waals surface area contributed by atoms with Crippen LogP contribution in [0.4, 0.5) is 4.39 Å². The van der Waals surface area contributed by atoms with E-state index in [9.17, 15) is 9.18 Å². The summed E-state index contributed by atoms with van der Waals surface area (Å²) >= 11 is 4.88. The van der Waals surface area contributed by atoms with Gasteiger partial charge < -0.3 is 10.1 Å². The first-order valence-corrected chi connectivity index (χ1v) is 10.0. The number of aromatic nitrogens is 1. The molecule has 0 aliphatic carbocycles. The molecule has 2 aromatic rings. The molecule has 0 saturated carbocycles. The van der Waals surface area contributed by atoms with E-state index >= 15 is 0 Å². The van der Waals surface area contributed by atoms with Crippen molar-refractivity contribution in [2.45, 2.75) is 19.9 Å².